The summed E-state index contributed by atoms with van der Waals surface area (Å²) in [4.78, 5) is 1.48. The molecule has 1 aromatic rings. The molecule has 1 rings (SSSR count). The van der Waals surface area contributed by atoms with Crippen molar-refractivity contribution in [2.24, 2.45) is 0 Å². The highest BCUT2D eigenvalue weighted by Crippen LogP contribution is 2.17. The Hall–Kier alpha value is -0.710. The minimum absolute atomic E-state index is 0.142. The van der Waals surface area contributed by atoms with Gasteiger partial charge < -0.3 is 5.11 Å². The first-order chi connectivity index (χ1) is 7.63. The van der Waals surface area contributed by atoms with Gasteiger partial charge in [-0.1, -0.05) is 29.8 Å². The molecule has 0 amide bonds. The van der Waals surface area contributed by atoms with Crippen LogP contribution in [0, 0.1) is 0 Å². The molecule has 0 aliphatic rings. The Morgan fingerprint density at radius 1 is 1.31 bits per heavy atom. The summed E-state index contributed by atoms with van der Waals surface area (Å²) in [5.41, 5.74) is 0.790. The fourth-order valence-corrected chi connectivity index (χ4v) is 1.63. The zero-order chi connectivity index (χ0) is 12.0. The van der Waals surface area contributed by atoms with Crippen molar-refractivity contribution < 1.29 is 13.9 Å². The third-order valence-electron chi connectivity index (χ3n) is 2.16. The van der Waals surface area contributed by atoms with Crippen molar-refractivity contribution in [3.63, 3.8) is 0 Å². The second-order valence-corrected chi connectivity index (χ2v) is 3.85. The van der Waals surface area contributed by atoms with E-state index < -0.39 is 6.43 Å². The molecular formula is C11H14ClF2NO. The summed E-state index contributed by atoms with van der Waals surface area (Å²) in [5, 5.41) is 9.33. The van der Waals surface area contributed by atoms with Crippen LogP contribution in [0.25, 0.3) is 0 Å². The zero-order valence-corrected chi connectivity index (χ0v) is 9.50. The maximum Gasteiger partial charge on any atom is 0.251 e. The first kappa shape index (κ1) is 13.4. The normalized spacial score (nSPS) is 11.4. The van der Waals surface area contributed by atoms with Crippen molar-refractivity contribution in [1.29, 1.82) is 0 Å². The maximum atomic E-state index is 12.3. The Morgan fingerprint density at radius 2 is 2.00 bits per heavy atom. The van der Waals surface area contributed by atoms with Gasteiger partial charge in [0.05, 0.1) is 13.2 Å². The summed E-state index contributed by atoms with van der Waals surface area (Å²) in [7, 11) is 0. The van der Waals surface area contributed by atoms with Gasteiger partial charge in [0.25, 0.3) is 6.43 Å². The fourth-order valence-electron chi connectivity index (χ4n) is 1.44. The van der Waals surface area contributed by atoms with Gasteiger partial charge in [-0.2, -0.15) is 0 Å². The van der Waals surface area contributed by atoms with E-state index in [-0.39, 0.29) is 19.7 Å². The molecule has 0 fully saturated rings. The third kappa shape index (κ3) is 4.43. The summed E-state index contributed by atoms with van der Waals surface area (Å²) in [6.45, 7) is 0.0447. The van der Waals surface area contributed by atoms with Gasteiger partial charge >= 0.3 is 0 Å². The topological polar surface area (TPSA) is 23.5 Å². The molecule has 16 heavy (non-hydrogen) atoms. The molecule has 5 heteroatoms. The molecule has 90 valence electrons. The number of hydrogen-bond donors (Lipinski definition) is 1. The Bertz CT molecular complexity index is 323. The number of benzene rings is 1. The molecule has 0 saturated carbocycles. The third-order valence-corrected chi connectivity index (χ3v) is 2.53. The van der Waals surface area contributed by atoms with Gasteiger partial charge in [0.2, 0.25) is 0 Å². The molecule has 0 aliphatic heterocycles. The molecule has 0 bridgehead atoms. The molecule has 0 saturated heterocycles. The summed E-state index contributed by atoms with van der Waals surface area (Å²) < 4.78 is 24.5. The van der Waals surface area contributed by atoms with Crippen LogP contribution in [0.4, 0.5) is 8.78 Å². The van der Waals surface area contributed by atoms with Gasteiger partial charge in [-0.25, -0.2) is 8.78 Å². The Balaban J connectivity index is 2.64. The van der Waals surface area contributed by atoms with Crippen LogP contribution in [0.5, 0.6) is 0 Å². The van der Waals surface area contributed by atoms with Crippen molar-refractivity contribution in [3.8, 4) is 0 Å². The van der Waals surface area contributed by atoms with Crippen LogP contribution >= 0.6 is 11.6 Å². The van der Waals surface area contributed by atoms with Crippen LogP contribution < -0.4 is 0 Å². The number of aliphatic hydroxyl groups excluding tert-OH is 1. The van der Waals surface area contributed by atoms with E-state index in [2.05, 4.69) is 0 Å². The van der Waals surface area contributed by atoms with Crippen LogP contribution in [0.3, 0.4) is 0 Å². The lowest BCUT2D eigenvalue weighted by Gasteiger charge is -2.21. The second kappa shape index (κ2) is 6.78. The molecule has 0 unspecified atom stereocenters. The van der Waals surface area contributed by atoms with E-state index in [9.17, 15) is 8.78 Å². The standard InChI is InChI=1S/C11H14ClF2NO/c12-10-4-2-1-3-9(10)7-15(5-6-16)8-11(13)14/h1-4,11,16H,5-8H2. The van der Waals surface area contributed by atoms with Crippen LogP contribution in [-0.2, 0) is 6.54 Å². The van der Waals surface area contributed by atoms with Crippen molar-refractivity contribution in [1.82, 2.24) is 4.90 Å². The molecule has 0 atom stereocenters. The van der Waals surface area contributed by atoms with E-state index in [0.29, 0.717) is 11.6 Å². The Kier molecular flexibility index (Phi) is 5.66. The van der Waals surface area contributed by atoms with Gasteiger partial charge in [0.15, 0.2) is 0 Å². The number of hydrogen-bond acceptors (Lipinski definition) is 2. The number of halogens is 3. The molecule has 0 aromatic heterocycles. The minimum Gasteiger partial charge on any atom is -0.395 e. The second-order valence-electron chi connectivity index (χ2n) is 3.44. The van der Waals surface area contributed by atoms with Gasteiger partial charge in [-0.15, -0.1) is 0 Å². The van der Waals surface area contributed by atoms with Crippen LogP contribution in [0.2, 0.25) is 5.02 Å². The van der Waals surface area contributed by atoms with Gasteiger partial charge in [0, 0.05) is 18.1 Å². The molecule has 1 aromatic carbocycles. The molecule has 0 heterocycles. The van der Waals surface area contributed by atoms with Crippen LogP contribution in [0.15, 0.2) is 24.3 Å². The van der Waals surface area contributed by atoms with Gasteiger partial charge in [-0.3, -0.25) is 4.90 Å². The van der Waals surface area contributed by atoms with Crippen LogP contribution in [0.1, 0.15) is 5.56 Å². The highest BCUT2D eigenvalue weighted by atomic mass is 35.5. The first-order valence-electron chi connectivity index (χ1n) is 4.98. The molecule has 0 spiro atoms. The average Bonchev–Trinajstić information content (AvgIpc) is 2.21. The average molecular weight is 250 g/mol. The van der Waals surface area contributed by atoms with Gasteiger partial charge in [0.1, 0.15) is 0 Å². The lowest BCUT2D eigenvalue weighted by molar-refractivity contribution is 0.0746. The maximum absolute atomic E-state index is 12.3. The van der Waals surface area contributed by atoms with Crippen LogP contribution in [-0.4, -0.2) is 36.1 Å². The van der Waals surface area contributed by atoms with Crippen molar-refractivity contribution in [3.05, 3.63) is 34.9 Å². The summed E-state index contributed by atoms with van der Waals surface area (Å²) >= 11 is 5.93. The number of nitrogens with zero attached hydrogens (tertiary/aromatic N) is 1. The largest absolute Gasteiger partial charge is 0.395 e. The fraction of sp³-hybridized carbons (Fsp3) is 0.455. The summed E-state index contributed by atoms with van der Waals surface area (Å²) in [6.07, 6.45) is -2.41. The smallest absolute Gasteiger partial charge is 0.251 e. The highest BCUT2D eigenvalue weighted by Gasteiger charge is 2.13. The Labute approximate surface area is 98.4 Å². The lowest BCUT2D eigenvalue weighted by Crippen LogP contribution is -2.31. The SMILES string of the molecule is OCCN(Cc1ccccc1Cl)CC(F)F. The van der Waals surface area contributed by atoms with E-state index >= 15 is 0 Å². The van der Waals surface area contributed by atoms with E-state index in [0.717, 1.165) is 5.56 Å². The molecule has 0 radical (unpaired) electrons. The van der Waals surface area contributed by atoms with Crippen molar-refractivity contribution in [2.75, 3.05) is 19.7 Å². The monoisotopic (exact) mass is 249 g/mol. The summed E-state index contributed by atoms with van der Waals surface area (Å²) in [6, 6.07) is 7.10. The van der Waals surface area contributed by atoms with E-state index in [1.807, 2.05) is 0 Å². The quantitative estimate of drug-likeness (QED) is 0.837. The minimum atomic E-state index is -2.41. The van der Waals surface area contributed by atoms with Crippen molar-refractivity contribution >= 4 is 11.6 Å². The van der Waals surface area contributed by atoms with E-state index in [4.69, 9.17) is 16.7 Å². The van der Waals surface area contributed by atoms with E-state index in [1.54, 1.807) is 24.3 Å². The van der Waals surface area contributed by atoms with Gasteiger partial charge in [-0.05, 0) is 11.6 Å². The predicted octanol–water partition coefficient (Wildman–Crippen LogP) is 2.40. The predicted molar refractivity (Wildman–Crippen MR) is 59.8 cm³/mol. The molecule has 1 N–H and O–H groups in total. The number of aliphatic hydroxyl groups is 1. The van der Waals surface area contributed by atoms with Crippen molar-refractivity contribution in [2.45, 2.75) is 13.0 Å². The Morgan fingerprint density at radius 3 is 2.56 bits per heavy atom. The first-order valence-corrected chi connectivity index (χ1v) is 5.36. The molecule has 2 nitrogen and oxygen atoms in total. The zero-order valence-electron chi connectivity index (χ0n) is 8.74. The number of alkyl halides is 2. The highest BCUT2D eigenvalue weighted by molar-refractivity contribution is 6.31. The van der Waals surface area contributed by atoms with E-state index in [1.165, 1.54) is 4.90 Å². The summed E-state index contributed by atoms with van der Waals surface area (Å²) in [5.74, 6) is 0. The lowest BCUT2D eigenvalue weighted by atomic mass is 10.2. The molecular weight excluding hydrogens is 236 g/mol. The number of rotatable bonds is 6. The molecule has 0 aliphatic carbocycles.